The highest BCUT2D eigenvalue weighted by Crippen LogP contribution is 2.25. The zero-order valence-electron chi connectivity index (χ0n) is 14.1. The number of hydrogen-bond donors (Lipinski definition) is 0. The number of benzene rings is 2. The molecule has 0 saturated heterocycles. The van der Waals surface area contributed by atoms with E-state index in [1.807, 2.05) is 48.6 Å². The Kier molecular flexibility index (Phi) is 7.64. The molecule has 0 radical (unpaired) electrons. The zero-order valence-corrected chi connectivity index (χ0v) is 15.6. The molecular weight excluding hydrogens is 341 g/mol. The fraction of sp³-hybridized carbons (Fsp3) is 0.300. The van der Waals surface area contributed by atoms with Crippen molar-refractivity contribution < 1.29 is 4.74 Å². The second kappa shape index (κ2) is 9.73. The van der Waals surface area contributed by atoms with E-state index in [1.54, 1.807) is 6.07 Å². The van der Waals surface area contributed by atoms with Gasteiger partial charge in [0.2, 0.25) is 0 Å². The van der Waals surface area contributed by atoms with Crippen molar-refractivity contribution in [3.05, 3.63) is 63.6 Å². The Balaban J connectivity index is 1.99. The summed E-state index contributed by atoms with van der Waals surface area (Å²) in [7, 11) is 4.17. The summed E-state index contributed by atoms with van der Waals surface area (Å²) in [6.07, 6.45) is 6.17. The summed E-state index contributed by atoms with van der Waals surface area (Å²) in [5, 5.41) is 1.28. The normalized spacial score (nSPS) is 11.4. The van der Waals surface area contributed by atoms with Crippen LogP contribution in [0.3, 0.4) is 0 Å². The van der Waals surface area contributed by atoms with Crippen molar-refractivity contribution >= 4 is 35.4 Å². The summed E-state index contributed by atoms with van der Waals surface area (Å²) in [6, 6.07) is 13.5. The minimum absolute atomic E-state index is 0.638. The maximum atomic E-state index is 6.21. The Hall–Kier alpha value is -1.48. The Morgan fingerprint density at radius 3 is 2.46 bits per heavy atom. The molecule has 0 aliphatic rings. The molecule has 0 N–H and O–H groups in total. The van der Waals surface area contributed by atoms with Crippen molar-refractivity contribution in [1.29, 1.82) is 0 Å². The molecule has 0 aliphatic carbocycles. The Morgan fingerprint density at radius 2 is 1.71 bits per heavy atom. The highest BCUT2D eigenvalue weighted by atomic mass is 35.5. The van der Waals surface area contributed by atoms with E-state index in [0.717, 1.165) is 42.9 Å². The summed E-state index contributed by atoms with van der Waals surface area (Å²) < 4.78 is 5.93. The molecule has 0 heterocycles. The third kappa shape index (κ3) is 6.20. The van der Waals surface area contributed by atoms with E-state index in [2.05, 4.69) is 19.0 Å². The van der Waals surface area contributed by atoms with Gasteiger partial charge in [0.1, 0.15) is 5.75 Å². The van der Waals surface area contributed by atoms with E-state index >= 15 is 0 Å². The van der Waals surface area contributed by atoms with Gasteiger partial charge in [0.15, 0.2) is 0 Å². The standard InChI is InChI=1S/C20H23Cl2NO/c1-23(2)13-5-6-14-24-20-8-4-3-7-17(20)10-9-16-11-12-18(21)15-19(16)22/h3-4,7-12,15H,5-6,13-14H2,1-2H3/b10-9+. The molecule has 2 aromatic rings. The molecule has 2 aromatic carbocycles. The fourth-order valence-electron chi connectivity index (χ4n) is 2.28. The SMILES string of the molecule is CN(C)CCCCOc1ccccc1/C=C/c1ccc(Cl)cc1Cl. The first-order valence-corrected chi connectivity index (χ1v) is 8.81. The lowest BCUT2D eigenvalue weighted by Gasteiger charge is -2.11. The molecule has 128 valence electrons. The van der Waals surface area contributed by atoms with Gasteiger partial charge in [-0.2, -0.15) is 0 Å². The van der Waals surface area contributed by atoms with Crippen molar-refractivity contribution in [2.45, 2.75) is 12.8 Å². The first-order valence-electron chi connectivity index (χ1n) is 8.06. The number of ether oxygens (including phenoxy) is 1. The maximum Gasteiger partial charge on any atom is 0.126 e. The van der Waals surface area contributed by atoms with E-state index in [9.17, 15) is 0 Å². The molecule has 0 atom stereocenters. The van der Waals surface area contributed by atoms with Crippen LogP contribution in [0.2, 0.25) is 10.0 Å². The highest BCUT2D eigenvalue weighted by molar-refractivity contribution is 6.35. The number of para-hydroxylation sites is 1. The molecule has 0 aliphatic heterocycles. The molecule has 0 bridgehead atoms. The summed E-state index contributed by atoms with van der Waals surface area (Å²) in [4.78, 5) is 2.19. The van der Waals surface area contributed by atoms with E-state index in [0.29, 0.717) is 10.0 Å². The molecular formula is C20H23Cl2NO. The van der Waals surface area contributed by atoms with Gasteiger partial charge in [-0.15, -0.1) is 0 Å². The first-order chi connectivity index (χ1) is 11.6. The summed E-state index contributed by atoms with van der Waals surface area (Å²) in [5.41, 5.74) is 1.97. The van der Waals surface area contributed by atoms with Crippen LogP contribution in [0, 0.1) is 0 Å². The van der Waals surface area contributed by atoms with Gasteiger partial charge in [-0.25, -0.2) is 0 Å². The number of halogens is 2. The van der Waals surface area contributed by atoms with Crippen LogP contribution in [-0.4, -0.2) is 32.1 Å². The molecule has 0 aromatic heterocycles. The highest BCUT2D eigenvalue weighted by Gasteiger charge is 2.02. The van der Waals surface area contributed by atoms with Crippen LogP contribution in [0.15, 0.2) is 42.5 Å². The Labute approximate surface area is 154 Å². The number of rotatable bonds is 8. The van der Waals surface area contributed by atoms with Crippen molar-refractivity contribution in [2.75, 3.05) is 27.2 Å². The lowest BCUT2D eigenvalue weighted by molar-refractivity contribution is 0.292. The van der Waals surface area contributed by atoms with Gasteiger partial charge < -0.3 is 9.64 Å². The van der Waals surface area contributed by atoms with Crippen LogP contribution in [-0.2, 0) is 0 Å². The summed E-state index contributed by atoms with van der Waals surface area (Å²) in [5.74, 6) is 0.892. The van der Waals surface area contributed by atoms with E-state index in [-0.39, 0.29) is 0 Å². The molecule has 0 spiro atoms. The first kappa shape index (κ1) is 18.9. The third-order valence-electron chi connectivity index (χ3n) is 3.58. The van der Waals surface area contributed by atoms with Crippen molar-refractivity contribution in [3.63, 3.8) is 0 Å². The molecule has 2 rings (SSSR count). The minimum Gasteiger partial charge on any atom is -0.493 e. The van der Waals surface area contributed by atoms with Crippen molar-refractivity contribution in [3.8, 4) is 5.75 Å². The zero-order chi connectivity index (χ0) is 17.4. The van der Waals surface area contributed by atoms with Gasteiger partial charge in [-0.3, -0.25) is 0 Å². The maximum absolute atomic E-state index is 6.21. The molecule has 24 heavy (non-hydrogen) atoms. The van der Waals surface area contributed by atoms with Gasteiger partial charge in [-0.05, 0) is 57.2 Å². The average molecular weight is 364 g/mol. The lowest BCUT2D eigenvalue weighted by Crippen LogP contribution is -2.13. The minimum atomic E-state index is 0.638. The van der Waals surface area contributed by atoms with Crippen LogP contribution in [0.25, 0.3) is 12.2 Å². The monoisotopic (exact) mass is 363 g/mol. The van der Waals surface area contributed by atoms with Crippen LogP contribution < -0.4 is 4.74 Å². The number of nitrogens with zero attached hydrogens (tertiary/aromatic N) is 1. The molecule has 0 amide bonds. The Morgan fingerprint density at radius 1 is 0.958 bits per heavy atom. The molecule has 0 fully saturated rings. The third-order valence-corrected chi connectivity index (χ3v) is 4.14. The predicted octanol–water partition coefficient (Wildman–Crippen LogP) is 5.88. The average Bonchev–Trinajstić information content (AvgIpc) is 2.54. The quantitative estimate of drug-likeness (QED) is 0.428. The lowest BCUT2D eigenvalue weighted by atomic mass is 10.1. The topological polar surface area (TPSA) is 12.5 Å². The molecule has 0 saturated carbocycles. The van der Waals surface area contributed by atoms with Gasteiger partial charge in [0.25, 0.3) is 0 Å². The van der Waals surface area contributed by atoms with E-state index in [4.69, 9.17) is 27.9 Å². The van der Waals surface area contributed by atoms with E-state index < -0.39 is 0 Å². The largest absolute Gasteiger partial charge is 0.493 e. The van der Waals surface area contributed by atoms with Gasteiger partial charge >= 0.3 is 0 Å². The van der Waals surface area contributed by atoms with Crippen molar-refractivity contribution in [1.82, 2.24) is 4.90 Å². The Bertz CT molecular complexity index is 683. The predicted molar refractivity (Wildman–Crippen MR) is 105 cm³/mol. The molecule has 4 heteroatoms. The summed E-state index contributed by atoms with van der Waals surface area (Å²) >= 11 is 12.1. The van der Waals surface area contributed by atoms with Gasteiger partial charge in [0, 0.05) is 15.6 Å². The smallest absolute Gasteiger partial charge is 0.126 e. The van der Waals surface area contributed by atoms with Crippen LogP contribution in [0.5, 0.6) is 5.75 Å². The fourth-order valence-corrected chi connectivity index (χ4v) is 2.75. The van der Waals surface area contributed by atoms with E-state index in [1.165, 1.54) is 0 Å². The molecule has 0 unspecified atom stereocenters. The van der Waals surface area contributed by atoms with Gasteiger partial charge in [-0.1, -0.05) is 59.6 Å². The second-order valence-corrected chi connectivity index (χ2v) is 6.74. The van der Waals surface area contributed by atoms with Crippen molar-refractivity contribution in [2.24, 2.45) is 0 Å². The van der Waals surface area contributed by atoms with Crippen LogP contribution in [0.4, 0.5) is 0 Å². The number of hydrogen-bond acceptors (Lipinski definition) is 2. The molecule has 2 nitrogen and oxygen atoms in total. The second-order valence-electron chi connectivity index (χ2n) is 5.90. The summed E-state index contributed by atoms with van der Waals surface area (Å²) in [6.45, 7) is 1.81. The van der Waals surface area contributed by atoms with Gasteiger partial charge in [0.05, 0.1) is 6.61 Å². The number of unbranched alkanes of at least 4 members (excludes halogenated alkanes) is 1. The van der Waals surface area contributed by atoms with Crippen LogP contribution in [0.1, 0.15) is 24.0 Å². The van der Waals surface area contributed by atoms with Crippen LogP contribution >= 0.6 is 23.2 Å².